The second kappa shape index (κ2) is 5.30. The summed E-state index contributed by atoms with van der Waals surface area (Å²) < 4.78 is 6.86. The van der Waals surface area contributed by atoms with Gasteiger partial charge in [0.1, 0.15) is 11.8 Å². The van der Waals surface area contributed by atoms with Gasteiger partial charge in [0, 0.05) is 11.8 Å². The number of aliphatic carboxylic acids is 1. The molecule has 0 aromatic heterocycles. The molecular weight excluding hydrogens is 206 g/mol. The summed E-state index contributed by atoms with van der Waals surface area (Å²) in [6.45, 7) is 3.59. The van der Waals surface area contributed by atoms with Crippen LogP contribution in [-0.2, 0) is 4.79 Å². The molecule has 0 aliphatic rings. The van der Waals surface area contributed by atoms with E-state index in [1.54, 1.807) is 38.1 Å². The molecule has 0 aliphatic carbocycles. The molecule has 0 fully saturated rings. The molecule has 0 radical (unpaired) electrons. The minimum atomic E-state index is -0.958. The Bertz CT molecular complexity index is 418. The van der Waals surface area contributed by atoms with E-state index < -0.39 is 12.0 Å². The number of aliphatic imine (C=N–C) groups is 1. The van der Waals surface area contributed by atoms with Crippen LogP contribution in [0.15, 0.2) is 29.3 Å². The average Bonchev–Trinajstić information content (AvgIpc) is 2.29. The second-order valence-electron chi connectivity index (χ2n) is 3.84. The fourth-order valence-corrected chi connectivity index (χ4v) is 1.27. The maximum Gasteiger partial charge on any atom is 0.328 e. The summed E-state index contributed by atoms with van der Waals surface area (Å²) in [5.74, 6) is -0.697. The normalized spacial score (nSPS) is 13.8. The zero-order valence-electron chi connectivity index (χ0n) is 10.3. The zero-order valence-corrected chi connectivity index (χ0v) is 9.25. The van der Waals surface area contributed by atoms with Crippen LogP contribution in [0, 0.1) is 5.92 Å². The molecule has 0 spiro atoms. The molecular formula is C12H15NO3. The number of para-hydroxylation sites is 1. The highest BCUT2D eigenvalue weighted by molar-refractivity contribution is 5.86. The van der Waals surface area contributed by atoms with E-state index in [0.29, 0.717) is 11.3 Å². The molecule has 0 saturated heterocycles. The van der Waals surface area contributed by atoms with Gasteiger partial charge in [-0.25, -0.2) is 4.79 Å². The number of phenols is 1. The summed E-state index contributed by atoms with van der Waals surface area (Å²) in [5, 5.41) is 13.4. The lowest BCUT2D eigenvalue weighted by Crippen LogP contribution is -2.24. The van der Waals surface area contributed by atoms with Crippen LogP contribution in [0.2, 0.25) is 0 Å². The van der Waals surface area contributed by atoms with Gasteiger partial charge in [-0.3, -0.25) is 4.99 Å². The molecule has 0 unspecified atom stereocenters. The van der Waals surface area contributed by atoms with Crippen molar-refractivity contribution in [1.82, 2.24) is 0 Å². The second-order valence-corrected chi connectivity index (χ2v) is 3.84. The molecule has 1 aromatic rings. The quantitative estimate of drug-likeness (QED) is 0.748. The Morgan fingerprint density at radius 1 is 1.50 bits per heavy atom. The number of phenolic OH excluding ortho intramolecular Hbond substituents is 1. The fourth-order valence-electron chi connectivity index (χ4n) is 1.27. The van der Waals surface area contributed by atoms with Crippen LogP contribution in [0.1, 0.15) is 19.4 Å². The number of aromatic hydroxyl groups is 1. The molecule has 1 aromatic carbocycles. The predicted octanol–water partition coefficient (Wildman–Crippen LogP) is 1.92. The molecule has 4 nitrogen and oxygen atoms in total. The van der Waals surface area contributed by atoms with E-state index >= 15 is 0 Å². The van der Waals surface area contributed by atoms with Crippen molar-refractivity contribution < 1.29 is 15.0 Å². The first-order valence-corrected chi connectivity index (χ1v) is 5.04. The number of nitrogens with zero attached hydrogens (tertiary/aromatic N) is 1. The topological polar surface area (TPSA) is 69.9 Å². The maximum atomic E-state index is 10.9. The van der Waals surface area contributed by atoms with Gasteiger partial charge in [0.15, 0.2) is 0 Å². The van der Waals surface area contributed by atoms with E-state index in [1.807, 2.05) is 0 Å². The molecule has 16 heavy (non-hydrogen) atoms. The van der Waals surface area contributed by atoms with Crippen molar-refractivity contribution in [2.75, 3.05) is 0 Å². The van der Waals surface area contributed by atoms with Gasteiger partial charge in [0.2, 0.25) is 0 Å². The van der Waals surface area contributed by atoms with Crippen molar-refractivity contribution in [2.45, 2.75) is 19.9 Å². The lowest BCUT2D eigenvalue weighted by Gasteiger charge is -2.10. The molecule has 4 heteroatoms. The zero-order chi connectivity index (χ0) is 12.8. The molecule has 0 saturated carbocycles. The highest BCUT2D eigenvalue weighted by Crippen LogP contribution is 2.14. The van der Waals surface area contributed by atoms with E-state index in [2.05, 4.69) is 10.1 Å². The lowest BCUT2D eigenvalue weighted by atomic mass is 10.1. The van der Waals surface area contributed by atoms with Crippen molar-refractivity contribution in [2.24, 2.45) is 10.9 Å². The summed E-state index contributed by atoms with van der Waals surface area (Å²) in [7, 11) is 0. The van der Waals surface area contributed by atoms with Gasteiger partial charge in [-0.05, 0) is 18.1 Å². The number of rotatable bonds is 5. The molecule has 0 aliphatic heterocycles. The SMILES string of the molecule is [2H]Oc1ccccc1C=N[C@H](C(=O)O)C(C)C. The maximum absolute atomic E-state index is 10.9. The summed E-state index contributed by atoms with van der Waals surface area (Å²) >= 11 is 0. The van der Waals surface area contributed by atoms with Crippen LogP contribution in [0.25, 0.3) is 0 Å². The average molecular weight is 222 g/mol. The summed E-state index contributed by atoms with van der Waals surface area (Å²) in [4.78, 5) is 14.9. The standard InChI is InChI=1S/C12H15NO3/c1-8(2)11(12(15)16)13-7-9-5-3-4-6-10(9)14/h3-8,11,14H,1-2H3,(H,15,16)/t11-/m0/s1/i/hD. The minimum Gasteiger partial charge on any atom is -0.507 e. The van der Waals surface area contributed by atoms with E-state index in [1.165, 1.54) is 6.21 Å². The molecule has 0 bridgehead atoms. The smallest absolute Gasteiger partial charge is 0.328 e. The highest BCUT2D eigenvalue weighted by Gasteiger charge is 2.19. The van der Waals surface area contributed by atoms with Crippen LogP contribution in [0.5, 0.6) is 5.75 Å². The fraction of sp³-hybridized carbons (Fsp3) is 0.333. The van der Waals surface area contributed by atoms with Gasteiger partial charge in [0.25, 0.3) is 1.43 Å². The number of carboxylic acids is 1. The Labute approximate surface area is 95.8 Å². The third kappa shape index (κ3) is 3.08. The Balaban J connectivity index is 2.92. The van der Waals surface area contributed by atoms with Crippen LogP contribution in [0.4, 0.5) is 0 Å². The van der Waals surface area contributed by atoms with Crippen molar-refractivity contribution >= 4 is 12.2 Å². The molecule has 0 heterocycles. The number of hydrogen-bond acceptors (Lipinski definition) is 3. The van der Waals surface area contributed by atoms with E-state index in [0.717, 1.165) is 0 Å². The van der Waals surface area contributed by atoms with E-state index in [4.69, 9.17) is 6.54 Å². The highest BCUT2D eigenvalue weighted by atomic mass is 16.4. The van der Waals surface area contributed by atoms with Gasteiger partial charge in [-0.1, -0.05) is 26.0 Å². The van der Waals surface area contributed by atoms with Crippen LogP contribution in [0.3, 0.4) is 0 Å². The Hall–Kier alpha value is -1.84. The first kappa shape index (κ1) is 10.7. The van der Waals surface area contributed by atoms with Crippen molar-refractivity contribution in [3.8, 4) is 5.75 Å². The van der Waals surface area contributed by atoms with Crippen LogP contribution >= 0.6 is 0 Å². The van der Waals surface area contributed by atoms with E-state index in [-0.39, 0.29) is 5.92 Å². The molecule has 1 rings (SSSR count). The van der Waals surface area contributed by atoms with Gasteiger partial charge in [0.05, 0.1) is 0 Å². The minimum absolute atomic E-state index is 0.0900. The van der Waals surface area contributed by atoms with Crippen molar-refractivity contribution in [3.05, 3.63) is 29.8 Å². The van der Waals surface area contributed by atoms with Gasteiger partial charge < -0.3 is 10.2 Å². The third-order valence-corrected chi connectivity index (χ3v) is 2.18. The molecule has 1 atom stereocenters. The van der Waals surface area contributed by atoms with Crippen LogP contribution in [-0.4, -0.2) is 29.9 Å². The Morgan fingerprint density at radius 2 is 2.19 bits per heavy atom. The Kier molecular flexibility index (Phi) is 3.53. The molecule has 86 valence electrons. The predicted molar refractivity (Wildman–Crippen MR) is 62.0 cm³/mol. The summed E-state index contributed by atoms with van der Waals surface area (Å²) in [6.07, 6.45) is 1.43. The number of hydrogen-bond donors (Lipinski definition) is 2. The Morgan fingerprint density at radius 3 is 2.75 bits per heavy atom. The van der Waals surface area contributed by atoms with Crippen molar-refractivity contribution in [1.29, 1.82) is 1.43 Å². The third-order valence-electron chi connectivity index (χ3n) is 2.18. The first-order chi connectivity index (χ1) is 8.06. The van der Waals surface area contributed by atoms with Gasteiger partial charge >= 0.3 is 5.97 Å². The van der Waals surface area contributed by atoms with Gasteiger partial charge in [-0.2, -0.15) is 0 Å². The summed E-state index contributed by atoms with van der Waals surface area (Å²) in [6, 6.07) is 6.06. The monoisotopic (exact) mass is 222 g/mol. The molecule has 2 N–H and O–H groups in total. The first-order valence-electron chi connectivity index (χ1n) is 5.45. The number of benzene rings is 1. The number of carbonyl (C=O) groups is 1. The van der Waals surface area contributed by atoms with E-state index in [9.17, 15) is 4.79 Å². The lowest BCUT2D eigenvalue weighted by molar-refractivity contribution is -0.139. The largest absolute Gasteiger partial charge is 0.507 e. The molecule has 0 amide bonds. The van der Waals surface area contributed by atoms with Crippen LogP contribution < -0.4 is 0 Å². The van der Waals surface area contributed by atoms with Gasteiger partial charge in [-0.15, -0.1) is 0 Å². The van der Waals surface area contributed by atoms with Crippen molar-refractivity contribution in [3.63, 3.8) is 0 Å². The summed E-state index contributed by atoms with van der Waals surface area (Å²) in [5.41, 5.74) is 0.592. The number of carboxylic acid groups (broad SMARTS) is 1.